The molecule has 4 nitrogen and oxygen atoms in total. The zero-order chi connectivity index (χ0) is 14.3. The van der Waals surface area contributed by atoms with Gasteiger partial charge in [0.05, 0.1) is 18.8 Å². The van der Waals surface area contributed by atoms with Gasteiger partial charge in [-0.15, -0.1) is 0 Å². The van der Waals surface area contributed by atoms with E-state index in [9.17, 15) is 5.11 Å². The van der Waals surface area contributed by atoms with Gasteiger partial charge in [-0.2, -0.15) is 0 Å². The number of ether oxygens (including phenoxy) is 3. The minimum absolute atomic E-state index is 0.244. The van der Waals surface area contributed by atoms with Crippen LogP contribution in [0.25, 0.3) is 0 Å². The van der Waals surface area contributed by atoms with Crippen molar-refractivity contribution in [2.45, 2.75) is 32.5 Å². The fourth-order valence-electron chi connectivity index (χ4n) is 1.54. The number of aliphatic hydroxyl groups is 1. The quantitative estimate of drug-likeness (QED) is 0.772. The molecular weight excluding hydrogens is 244 g/mol. The van der Waals surface area contributed by atoms with Crippen LogP contribution in [0.5, 0.6) is 5.75 Å². The van der Waals surface area contributed by atoms with Crippen LogP contribution in [0.1, 0.15) is 32.4 Å². The second-order valence-electron chi connectivity index (χ2n) is 5.32. The Morgan fingerprint density at radius 1 is 1.16 bits per heavy atom. The summed E-state index contributed by atoms with van der Waals surface area (Å²) >= 11 is 0. The Hall–Kier alpha value is -1.10. The molecule has 1 rings (SSSR count). The van der Waals surface area contributed by atoms with E-state index in [4.69, 9.17) is 14.2 Å². The van der Waals surface area contributed by atoms with Crippen LogP contribution in [0, 0.1) is 0 Å². The van der Waals surface area contributed by atoms with Crippen molar-refractivity contribution in [3.05, 3.63) is 29.8 Å². The summed E-state index contributed by atoms with van der Waals surface area (Å²) < 4.78 is 16.1. The summed E-state index contributed by atoms with van der Waals surface area (Å²) in [7, 11) is 1.63. The van der Waals surface area contributed by atoms with Gasteiger partial charge in [-0.1, -0.05) is 18.2 Å². The highest BCUT2D eigenvalue weighted by atomic mass is 16.5. The second-order valence-corrected chi connectivity index (χ2v) is 5.32. The number of benzene rings is 1. The van der Waals surface area contributed by atoms with Crippen LogP contribution in [0.4, 0.5) is 0 Å². The predicted octanol–water partition coefficient (Wildman–Crippen LogP) is 2.56. The van der Waals surface area contributed by atoms with Crippen LogP contribution < -0.4 is 4.74 Å². The van der Waals surface area contributed by atoms with Gasteiger partial charge in [-0.25, -0.2) is 0 Å². The molecule has 108 valence electrons. The van der Waals surface area contributed by atoms with Crippen LogP contribution in [-0.4, -0.2) is 37.6 Å². The van der Waals surface area contributed by atoms with Gasteiger partial charge in [0.25, 0.3) is 0 Å². The Balaban J connectivity index is 2.64. The summed E-state index contributed by atoms with van der Waals surface area (Å²) in [6.07, 6.45) is -0.696. The molecule has 0 amide bonds. The Morgan fingerprint density at radius 2 is 1.84 bits per heavy atom. The SMILES string of the molecule is COCCOc1ccccc1C(O)COC(C)(C)C. The maximum absolute atomic E-state index is 10.2. The molecule has 0 aromatic heterocycles. The molecular formula is C15H24O4. The molecule has 0 aliphatic heterocycles. The van der Waals surface area contributed by atoms with E-state index in [1.807, 2.05) is 45.0 Å². The van der Waals surface area contributed by atoms with Crippen LogP contribution in [0.15, 0.2) is 24.3 Å². The molecule has 1 N–H and O–H groups in total. The van der Waals surface area contributed by atoms with Crippen molar-refractivity contribution in [2.75, 3.05) is 26.9 Å². The third kappa shape index (κ3) is 6.05. The number of hydrogen-bond donors (Lipinski definition) is 1. The fourth-order valence-corrected chi connectivity index (χ4v) is 1.54. The molecule has 0 aliphatic rings. The van der Waals surface area contributed by atoms with Gasteiger partial charge < -0.3 is 19.3 Å². The summed E-state index contributed by atoms with van der Waals surface area (Å²) in [4.78, 5) is 0. The average molecular weight is 268 g/mol. The first-order chi connectivity index (χ1) is 8.94. The predicted molar refractivity (Wildman–Crippen MR) is 74.5 cm³/mol. The Kier molecular flexibility index (Phi) is 6.28. The van der Waals surface area contributed by atoms with E-state index in [1.165, 1.54) is 0 Å². The van der Waals surface area contributed by atoms with Crippen molar-refractivity contribution >= 4 is 0 Å². The molecule has 0 radical (unpaired) electrons. The van der Waals surface area contributed by atoms with Crippen LogP contribution in [0.3, 0.4) is 0 Å². The lowest BCUT2D eigenvalue weighted by atomic mass is 10.1. The van der Waals surface area contributed by atoms with Crippen molar-refractivity contribution in [1.82, 2.24) is 0 Å². The highest BCUT2D eigenvalue weighted by Crippen LogP contribution is 2.26. The van der Waals surface area contributed by atoms with Gasteiger partial charge in [0.15, 0.2) is 0 Å². The molecule has 0 aliphatic carbocycles. The maximum Gasteiger partial charge on any atom is 0.125 e. The molecule has 1 aromatic rings. The molecule has 0 fully saturated rings. The average Bonchev–Trinajstić information content (AvgIpc) is 2.36. The fraction of sp³-hybridized carbons (Fsp3) is 0.600. The maximum atomic E-state index is 10.2. The lowest BCUT2D eigenvalue weighted by molar-refractivity contribution is -0.0502. The smallest absolute Gasteiger partial charge is 0.125 e. The van der Waals surface area contributed by atoms with Crippen LogP contribution >= 0.6 is 0 Å². The summed E-state index contributed by atoms with van der Waals surface area (Å²) in [6, 6.07) is 7.44. The first kappa shape index (κ1) is 16.0. The molecule has 1 unspecified atom stereocenters. The summed E-state index contributed by atoms with van der Waals surface area (Å²) in [5, 5.41) is 10.2. The molecule has 1 aromatic carbocycles. The van der Waals surface area contributed by atoms with Gasteiger partial charge in [0.1, 0.15) is 18.5 Å². The third-order valence-electron chi connectivity index (χ3n) is 2.50. The summed E-state index contributed by atoms with van der Waals surface area (Å²) in [6.45, 7) is 7.10. The number of para-hydroxylation sites is 1. The normalized spacial score (nSPS) is 13.3. The van der Waals surface area contributed by atoms with Crippen LogP contribution in [0.2, 0.25) is 0 Å². The molecule has 0 saturated heterocycles. The van der Waals surface area contributed by atoms with Crippen molar-refractivity contribution in [3.63, 3.8) is 0 Å². The minimum atomic E-state index is -0.696. The first-order valence-electron chi connectivity index (χ1n) is 6.46. The van der Waals surface area contributed by atoms with E-state index in [1.54, 1.807) is 7.11 Å². The zero-order valence-electron chi connectivity index (χ0n) is 12.2. The van der Waals surface area contributed by atoms with E-state index in [2.05, 4.69) is 0 Å². The Morgan fingerprint density at radius 3 is 2.47 bits per heavy atom. The highest BCUT2D eigenvalue weighted by molar-refractivity contribution is 5.35. The lowest BCUT2D eigenvalue weighted by Crippen LogP contribution is -2.23. The van der Waals surface area contributed by atoms with Gasteiger partial charge in [-0.05, 0) is 26.8 Å². The third-order valence-corrected chi connectivity index (χ3v) is 2.50. The molecule has 4 heteroatoms. The van der Waals surface area contributed by atoms with E-state index < -0.39 is 6.10 Å². The lowest BCUT2D eigenvalue weighted by Gasteiger charge is -2.23. The van der Waals surface area contributed by atoms with Crippen molar-refractivity contribution in [3.8, 4) is 5.75 Å². The largest absolute Gasteiger partial charge is 0.491 e. The first-order valence-corrected chi connectivity index (χ1v) is 6.46. The highest BCUT2D eigenvalue weighted by Gasteiger charge is 2.17. The van der Waals surface area contributed by atoms with Crippen molar-refractivity contribution < 1.29 is 19.3 Å². The molecule has 1 atom stereocenters. The second kappa shape index (κ2) is 7.48. The zero-order valence-corrected chi connectivity index (χ0v) is 12.2. The molecule has 0 spiro atoms. The molecule has 0 saturated carbocycles. The molecule has 0 bridgehead atoms. The van der Waals surface area contributed by atoms with E-state index in [0.717, 1.165) is 5.56 Å². The molecule has 0 heterocycles. The Bertz CT molecular complexity index is 371. The van der Waals surface area contributed by atoms with Gasteiger partial charge >= 0.3 is 0 Å². The van der Waals surface area contributed by atoms with Crippen molar-refractivity contribution in [1.29, 1.82) is 0 Å². The number of hydrogen-bond acceptors (Lipinski definition) is 4. The van der Waals surface area contributed by atoms with E-state index >= 15 is 0 Å². The van der Waals surface area contributed by atoms with Crippen LogP contribution in [-0.2, 0) is 9.47 Å². The summed E-state index contributed by atoms with van der Waals surface area (Å²) in [5.41, 5.74) is 0.468. The van der Waals surface area contributed by atoms with E-state index in [0.29, 0.717) is 19.0 Å². The van der Waals surface area contributed by atoms with Gasteiger partial charge in [-0.3, -0.25) is 0 Å². The van der Waals surface area contributed by atoms with Crippen molar-refractivity contribution in [2.24, 2.45) is 0 Å². The van der Waals surface area contributed by atoms with Gasteiger partial charge in [0, 0.05) is 12.7 Å². The monoisotopic (exact) mass is 268 g/mol. The Labute approximate surface area is 115 Å². The molecule has 19 heavy (non-hydrogen) atoms. The number of methoxy groups -OCH3 is 1. The summed E-state index contributed by atoms with van der Waals surface area (Å²) in [5.74, 6) is 0.671. The van der Waals surface area contributed by atoms with E-state index in [-0.39, 0.29) is 12.2 Å². The van der Waals surface area contributed by atoms with Gasteiger partial charge in [0.2, 0.25) is 0 Å². The number of aliphatic hydroxyl groups excluding tert-OH is 1. The number of rotatable bonds is 7. The minimum Gasteiger partial charge on any atom is -0.491 e. The standard InChI is InChI=1S/C15H24O4/c1-15(2,3)19-11-13(16)12-7-5-6-8-14(12)18-10-9-17-4/h5-8,13,16H,9-11H2,1-4H3. The topological polar surface area (TPSA) is 47.9 Å².